The van der Waals surface area contributed by atoms with Crippen LogP contribution in [0.3, 0.4) is 0 Å². The van der Waals surface area contributed by atoms with Crippen LogP contribution in [0.5, 0.6) is 11.5 Å². The van der Waals surface area contributed by atoms with Crippen molar-refractivity contribution in [3.63, 3.8) is 0 Å². The molecular weight excluding hydrogens is 272 g/mol. The fourth-order valence-electron chi connectivity index (χ4n) is 2.28. The Labute approximate surface area is 123 Å². The first-order valence-electron chi connectivity index (χ1n) is 6.89. The molecule has 2 N–H and O–H groups in total. The molecule has 1 heterocycles. The standard InChI is InChI=1S/C15H20N2O4/c1-20-12-5-3-10(7-13(12)21-2)8-17-15(19)11-4-6-14(18)16-9-11/h3,5,7,11H,4,6,8-9H2,1-2H3,(H,16,18)(H,17,19). The largest absolute Gasteiger partial charge is 0.493 e. The number of amides is 2. The van der Waals surface area contributed by atoms with Crippen LogP contribution in [0, 0.1) is 5.92 Å². The highest BCUT2D eigenvalue weighted by atomic mass is 16.5. The average molecular weight is 292 g/mol. The van der Waals surface area contributed by atoms with Crippen molar-refractivity contribution in [3.05, 3.63) is 23.8 Å². The molecule has 114 valence electrons. The first-order chi connectivity index (χ1) is 10.1. The van der Waals surface area contributed by atoms with Crippen LogP contribution in [0.15, 0.2) is 18.2 Å². The van der Waals surface area contributed by atoms with E-state index in [1.165, 1.54) is 0 Å². The molecule has 0 radical (unpaired) electrons. The lowest BCUT2D eigenvalue weighted by Crippen LogP contribution is -2.42. The topological polar surface area (TPSA) is 76.7 Å². The summed E-state index contributed by atoms with van der Waals surface area (Å²) in [6.45, 7) is 0.834. The number of piperidine rings is 1. The highest BCUT2D eigenvalue weighted by molar-refractivity contribution is 5.83. The maximum Gasteiger partial charge on any atom is 0.225 e. The lowest BCUT2D eigenvalue weighted by molar-refractivity contribution is -0.129. The fourth-order valence-corrected chi connectivity index (χ4v) is 2.28. The van der Waals surface area contributed by atoms with Crippen molar-refractivity contribution < 1.29 is 19.1 Å². The van der Waals surface area contributed by atoms with Crippen molar-refractivity contribution in [3.8, 4) is 11.5 Å². The zero-order chi connectivity index (χ0) is 15.2. The van der Waals surface area contributed by atoms with Crippen LogP contribution < -0.4 is 20.1 Å². The van der Waals surface area contributed by atoms with Crippen molar-refractivity contribution >= 4 is 11.8 Å². The number of hydrogen-bond acceptors (Lipinski definition) is 4. The number of carbonyl (C=O) groups is 2. The summed E-state index contributed by atoms with van der Waals surface area (Å²) in [6, 6.07) is 5.52. The van der Waals surface area contributed by atoms with Gasteiger partial charge in [-0.2, -0.15) is 0 Å². The van der Waals surface area contributed by atoms with E-state index in [-0.39, 0.29) is 17.7 Å². The van der Waals surface area contributed by atoms with Gasteiger partial charge in [0.25, 0.3) is 0 Å². The van der Waals surface area contributed by atoms with Gasteiger partial charge in [0.05, 0.1) is 20.1 Å². The van der Waals surface area contributed by atoms with Gasteiger partial charge >= 0.3 is 0 Å². The quantitative estimate of drug-likeness (QED) is 0.843. The summed E-state index contributed by atoms with van der Waals surface area (Å²) in [7, 11) is 3.15. The monoisotopic (exact) mass is 292 g/mol. The number of nitrogens with one attached hydrogen (secondary N) is 2. The molecule has 1 aromatic rings. The Bertz CT molecular complexity index is 520. The minimum absolute atomic E-state index is 0.0129. The summed E-state index contributed by atoms with van der Waals surface area (Å²) < 4.78 is 10.4. The second-order valence-corrected chi connectivity index (χ2v) is 4.95. The number of methoxy groups -OCH3 is 2. The molecule has 6 heteroatoms. The number of carbonyl (C=O) groups excluding carboxylic acids is 2. The van der Waals surface area contributed by atoms with E-state index >= 15 is 0 Å². The maximum atomic E-state index is 12.0. The summed E-state index contributed by atoms with van der Waals surface area (Å²) in [5.74, 6) is 1.11. The fraction of sp³-hybridized carbons (Fsp3) is 0.467. The normalized spacial score (nSPS) is 17.8. The third-order valence-corrected chi connectivity index (χ3v) is 3.55. The molecule has 1 aliphatic heterocycles. The third-order valence-electron chi connectivity index (χ3n) is 3.55. The predicted molar refractivity (Wildman–Crippen MR) is 77.1 cm³/mol. The molecule has 0 aliphatic carbocycles. The Morgan fingerprint density at radius 3 is 2.71 bits per heavy atom. The lowest BCUT2D eigenvalue weighted by atomic mass is 9.98. The number of benzene rings is 1. The van der Waals surface area contributed by atoms with E-state index in [1.807, 2.05) is 12.1 Å². The van der Waals surface area contributed by atoms with Gasteiger partial charge in [0.15, 0.2) is 11.5 Å². The number of rotatable bonds is 5. The Morgan fingerprint density at radius 1 is 1.33 bits per heavy atom. The highest BCUT2D eigenvalue weighted by Crippen LogP contribution is 2.27. The van der Waals surface area contributed by atoms with E-state index in [0.717, 1.165) is 5.56 Å². The van der Waals surface area contributed by atoms with Gasteiger partial charge in [-0.1, -0.05) is 6.07 Å². The molecule has 1 fully saturated rings. The van der Waals surface area contributed by atoms with Gasteiger partial charge in [0, 0.05) is 19.5 Å². The van der Waals surface area contributed by atoms with Crippen molar-refractivity contribution in [2.24, 2.45) is 5.92 Å². The second-order valence-electron chi connectivity index (χ2n) is 4.95. The number of hydrogen-bond donors (Lipinski definition) is 2. The summed E-state index contributed by atoms with van der Waals surface area (Å²) in [6.07, 6.45) is 1.01. The Morgan fingerprint density at radius 2 is 2.10 bits per heavy atom. The third kappa shape index (κ3) is 3.87. The van der Waals surface area contributed by atoms with E-state index in [1.54, 1.807) is 20.3 Å². The van der Waals surface area contributed by atoms with Gasteiger partial charge in [-0.15, -0.1) is 0 Å². The van der Waals surface area contributed by atoms with Crippen molar-refractivity contribution in [1.82, 2.24) is 10.6 Å². The minimum atomic E-state index is -0.150. The first kappa shape index (κ1) is 15.2. The summed E-state index contributed by atoms with van der Waals surface area (Å²) in [5.41, 5.74) is 0.931. The van der Waals surface area contributed by atoms with Crippen LogP contribution >= 0.6 is 0 Å². The van der Waals surface area contributed by atoms with Crippen LogP contribution in [0.25, 0.3) is 0 Å². The summed E-state index contributed by atoms with van der Waals surface area (Å²) >= 11 is 0. The van der Waals surface area contributed by atoms with Gasteiger partial charge in [-0.05, 0) is 24.1 Å². The van der Waals surface area contributed by atoms with E-state index in [9.17, 15) is 9.59 Å². The van der Waals surface area contributed by atoms with Gasteiger partial charge in [-0.3, -0.25) is 9.59 Å². The van der Waals surface area contributed by atoms with Crippen LogP contribution in [0.2, 0.25) is 0 Å². The van der Waals surface area contributed by atoms with Crippen molar-refractivity contribution in [1.29, 1.82) is 0 Å². The van der Waals surface area contributed by atoms with Crippen LogP contribution in [-0.4, -0.2) is 32.6 Å². The van der Waals surface area contributed by atoms with E-state index < -0.39 is 0 Å². The van der Waals surface area contributed by atoms with Crippen LogP contribution in [0.1, 0.15) is 18.4 Å². The van der Waals surface area contributed by atoms with Crippen LogP contribution in [-0.2, 0) is 16.1 Å². The van der Waals surface area contributed by atoms with Crippen LogP contribution in [0.4, 0.5) is 0 Å². The molecule has 2 amide bonds. The molecule has 2 rings (SSSR count). The minimum Gasteiger partial charge on any atom is -0.493 e. The molecule has 0 bridgehead atoms. The smallest absolute Gasteiger partial charge is 0.225 e. The predicted octanol–water partition coefficient (Wildman–Crippen LogP) is 0.846. The van der Waals surface area contributed by atoms with Crippen molar-refractivity contribution in [2.45, 2.75) is 19.4 Å². The Hall–Kier alpha value is -2.24. The molecule has 1 atom stereocenters. The van der Waals surface area contributed by atoms with Gasteiger partial charge in [0.2, 0.25) is 11.8 Å². The molecule has 0 saturated carbocycles. The Balaban J connectivity index is 1.90. The zero-order valence-corrected chi connectivity index (χ0v) is 12.3. The second kappa shape index (κ2) is 6.97. The summed E-state index contributed by atoms with van der Waals surface area (Å²) in [5, 5.41) is 5.59. The molecule has 1 aliphatic rings. The molecule has 21 heavy (non-hydrogen) atoms. The molecule has 0 spiro atoms. The SMILES string of the molecule is COc1ccc(CNC(=O)C2CCC(=O)NC2)cc1OC. The zero-order valence-electron chi connectivity index (χ0n) is 12.3. The average Bonchev–Trinajstić information content (AvgIpc) is 2.52. The molecule has 1 unspecified atom stereocenters. The molecule has 1 saturated heterocycles. The van der Waals surface area contributed by atoms with Gasteiger partial charge in [-0.25, -0.2) is 0 Å². The van der Waals surface area contributed by atoms with Gasteiger partial charge in [0.1, 0.15) is 0 Å². The maximum absolute atomic E-state index is 12.0. The van der Waals surface area contributed by atoms with Crippen molar-refractivity contribution in [2.75, 3.05) is 20.8 Å². The van der Waals surface area contributed by atoms with E-state index in [2.05, 4.69) is 10.6 Å². The molecule has 1 aromatic carbocycles. The van der Waals surface area contributed by atoms with E-state index in [0.29, 0.717) is 37.4 Å². The summed E-state index contributed by atoms with van der Waals surface area (Å²) in [4.78, 5) is 23.1. The highest BCUT2D eigenvalue weighted by Gasteiger charge is 2.24. The first-order valence-corrected chi connectivity index (χ1v) is 6.89. The Kier molecular flexibility index (Phi) is 5.03. The molecular formula is C15H20N2O4. The van der Waals surface area contributed by atoms with Gasteiger partial charge < -0.3 is 20.1 Å². The lowest BCUT2D eigenvalue weighted by Gasteiger charge is -2.21. The molecule has 0 aromatic heterocycles. The number of ether oxygens (including phenoxy) is 2. The molecule has 6 nitrogen and oxygen atoms in total. The van der Waals surface area contributed by atoms with E-state index in [4.69, 9.17) is 9.47 Å².